The van der Waals surface area contributed by atoms with Crippen LogP contribution in [0.25, 0.3) is 21.5 Å². The van der Waals surface area contributed by atoms with Crippen molar-refractivity contribution in [3.8, 4) is 0 Å². The zero-order chi connectivity index (χ0) is 16.8. The summed E-state index contributed by atoms with van der Waals surface area (Å²) >= 11 is 0. The second-order valence-electron chi connectivity index (χ2n) is 5.10. The molecule has 0 unspecified atom stereocenters. The third-order valence-corrected chi connectivity index (χ3v) is 3.64. The number of benzene rings is 3. The highest BCUT2D eigenvalue weighted by atomic mass is 19.4. The van der Waals surface area contributed by atoms with E-state index in [0.717, 1.165) is 0 Å². The molecule has 0 amide bonds. The number of halogens is 5. The van der Waals surface area contributed by atoms with Crippen molar-refractivity contribution in [3.63, 3.8) is 0 Å². The number of hydrogen-bond donors (Lipinski definition) is 0. The lowest BCUT2D eigenvalue weighted by atomic mass is 9.92. The van der Waals surface area contributed by atoms with E-state index in [4.69, 9.17) is 0 Å². The Kier molecular flexibility index (Phi) is 3.35. The van der Waals surface area contributed by atoms with Crippen LogP contribution in [0.15, 0.2) is 54.6 Å². The van der Waals surface area contributed by atoms with Crippen molar-refractivity contribution in [2.45, 2.75) is 12.1 Å². The number of carbonyl (C=O) groups is 1. The molecule has 0 heterocycles. The Balaban J connectivity index is 2.40. The Morgan fingerprint density at radius 3 is 1.61 bits per heavy atom. The summed E-state index contributed by atoms with van der Waals surface area (Å²) in [6.07, 6.45) is -5.94. The number of hydrogen-bond acceptors (Lipinski definition) is 1. The van der Waals surface area contributed by atoms with Gasteiger partial charge in [0, 0.05) is 5.56 Å². The SMILES string of the molecule is O=C(c1c2ccccc2cc2ccccc12)C(F)(F)C(F)(F)F. The van der Waals surface area contributed by atoms with E-state index in [1.54, 1.807) is 30.3 Å². The maximum Gasteiger partial charge on any atom is 0.461 e. The highest BCUT2D eigenvalue weighted by Gasteiger charge is 2.63. The molecule has 0 spiro atoms. The zero-order valence-corrected chi connectivity index (χ0v) is 11.5. The first-order chi connectivity index (χ1) is 10.7. The van der Waals surface area contributed by atoms with Crippen LogP contribution in [0.5, 0.6) is 0 Å². The molecule has 0 saturated heterocycles. The van der Waals surface area contributed by atoms with Crippen LogP contribution >= 0.6 is 0 Å². The van der Waals surface area contributed by atoms with E-state index < -0.39 is 23.4 Å². The van der Waals surface area contributed by atoms with Gasteiger partial charge in [-0.1, -0.05) is 48.5 Å². The van der Waals surface area contributed by atoms with Crippen molar-refractivity contribution < 1.29 is 26.7 Å². The molecule has 118 valence electrons. The van der Waals surface area contributed by atoms with Gasteiger partial charge in [0.15, 0.2) is 0 Å². The molecular weight excluding hydrogens is 315 g/mol. The van der Waals surface area contributed by atoms with Crippen LogP contribution in [0.1, 0.15) is 10.4 Å². The van der Waals surface area contributed by atoms with Gasteiger partial charge in [-0.3, -0.25) is 4.79 Å². The van der Waals surface area contributed by atoms with Crippen LogP contribution in [0.2, 0.25) is 0 Å². The lowest BCUT2D eigenvalue weighted by Crippen LogP contribution is -2.44. The Bertz CT molecular complexity index is 858. The van der Waals surface area contributed by atoms with Gasteiger partial charge in [0.2, 0.25) is 5.78 Å². The molecule has 0 N–H and O–H groups in total. The fourth-order valence-corrected chi connectivity index (χ4v) is 2.54. The van der Waals surface area contributed by atoms with E-state index in [1.807, 2.05) is 0 Å². The normalized spacial score (nSPS) is 12.7. The number of ketones is 1. The van der Waals surface area contributed by atoms with Crippen LogP contribution in [0, 0.1) is 0 Å². The summed E-state index contributed by atoms with van der Waals surface area (Å²) < 4.78 is 65.0. The van der Waals surface area contributed by atoms with E-state index in [-0.39, 0.29) is 10.8 Å². The molecule has 0 aliphatic carbocycles. The van der Waals surface area contributed by atoms with Crippen molar-refractivity contribution in [1.29, 1.82) is 0 Å². The largest absolute Gasteiger partial charge is 0.461 e. The van der Waals surface area contributed by atoms with Crippen molar-refractivity contribution in [2.75, 3.05) is 0 Å². The van der Waals surface area contributed by atoms with E-state index in [9.17, 15) is 26.7 Å². The van der Waals surface area contributed by atoms with Gasteiger partial charge in [-0.15, -0.1) is 0 Å². The number of alkyl halides is 5. The van der Waals surface area contributed by atoms with Gasteiger partial charge < -0.3 is 0 Å². The van der Waals surface area contributed by atoms with E-state index in [0.29, 0.717) is 10.8 Å². The summed E-state index contributed by atoms with van der Waals surface area (Å²) in [5.74, 6) is -7.68. The Labute approximate surface area is 127 Å². The molecule has 1 nitrogen and oxygen atoms in total. The van der Waals surface area contributed by atoms with E-state index in [1.165, 1.54) is 24.3 Å². The predicted molar refractivity (Wildman–Crippen MR) is 76.8 cm³/mol. The molecule has 0 bridgehead atoms. The topological polar surface area (TPSA) is 17.1 Å². The number of rotatable bonds is 2. The maximum atomic E-state index is 13.6. The molecule has 0 aliphatic heterocycles. The number of fused-ring (bicyclic) bond motifs is 2. The second kappa shape index (κ2) is 5.01. The quantitative estimate of drug-likeness (QED) is 0.352. The average molecular weight is 324 g/mol. The van der Waals surface area contributed by atoms with Crippen LogP contribution in [0.4, 0.5) is 22.0 Å². The van der Waals surface area contributed by atoms with Crippen molar-refractivity contribution in [3.05, 3.63) is 60.2 Å². The molecule has 3 aromatic rings. The van der Waals surface area contributed by atoms with Crippen LogP contribution in [0.3, 0.4) is 0 Å². The molecular formula is C17H9F5O. The van der Waals surface area contributed by atoms with Gasteiger partial charge >= 0.3 is 12.1 Å². The molecule has 0 aromatic heterocycles. The molecule has 0 fully saturated rings. The summed E-state index contributed by atoms with van der Waals surface area (Å²) in [5, 5.41) is 0.986. The molecule has 0 aliphatic rings. The first-order valence-corrected chi connectivity index (χ1v) is 6.63. The van der Waals surface area contributed by atoms with Crippen molar-refractivity contribution in [1.82, 2.24) is 0 Å². The first-order valence-electron chi connectivity index (χ1n) is 6.63. The minimum Gasteiger partial charge on any atom is -0.287 e. The molecule has 0 saturated carbocycles. The maximum absolute atomic E-state index is 13.6. The standard InChI is InChI=1S/C17H9F5O/c18-16(19,17(20,21)22)15(23)14-12-7-3-1-5-10(12)9-11-6-2-4-8-13(11)14/h1-9H. The summed E-state index contributed by atoms with van der Waals surface area (Å²) in [6, 6.07) is 13.7. The van der Waals surface area contributed by atoms with Crippen LogP contribution in [-0.4, -0.2) is 17.9 Å². The molecule has 0 radical (unpaired) electrons. The van der Waals surface area contributed by atoms with E-state index in [2.05, 4.69) is 0 Å². The average Bonchev–Trinajstić information content (AvgIpc) is 2.50. The smallest absolute Gasteiger partial charge is 0.287 e. The third kappa shape index (κ3) is 2.34. The summed E-state index contributed by atoms with van der Waals surface area (Å²) in [5.41, 5.74) is -0.610. The first kappa shape index (κ1) is 15.4. The van der Waals surface area contributed by atoms with Gasteiger partial charge in [0.25, 0.3) is 0 Å². The fourth-order valence-electron chi connectivity index (χ4n) is 2.54. The lowest BCUT2D eigenvalue weighted by molar-refractivity contribution is -0.255. The van der Waals surface area contributed by atoms with E-state index >= 15 is 0 Å². The fraction of sp³-hybridized carbons (Fsp3) is 0.118. The molecule has 6 heteroatoms. The molecule has 0 atom stereocenters. The Hall–Kier alpha value is -2.50. The Morgan fingerprint density at radius 2 is 1.17 bits per heavy atom. The minimum absolute atomic E-state index is 0.0696. The van der Waals surface area contributed by atoms with Gasteiger partial charge in [0.05, 0.1) is 0 Å². The molecule has 3 aromatic carbocycles. The second-order valence-corrected chi connectivity index (χ2v) is 5.10. The van der Waals surface area contributed by atoms with Gasteiger partial charge in [-0.05, 0) is 27.6 Å². The lowest BCUT2D eigenvalue weighted by Gasteiger charge is -2.20. The zero-order valence-electron chi connectivity index (χ0n) is 11.5. The summed E-state index contributed by atoms with van der Waals surface area (Å²) in [6.45, 7) is 0. The van der Waals surface area contributed by atoms with Crippen LogP contribution < -0.4 is 0 Å². The number of carbonyl (C=O) groups excluding carboxylic acids is 1. The van der Waals surface area contributed by atoms with Gasteiger partial charge in [0.1, 0.15) is 0 Å². The summed E-state index contributed by atoms with van der Waals surface area (Å²) in [4.78, 5) is 12.1. The van der Waals surface area contributed by atoms with Gasteiger partial charge in [-0.2, -0.15) is 22.0 Å². The summed E-state index contributed by atoms with van der Waals surface area (Å²) in [7, 11) is 0. The Morgan fingerprint density at radius 1 is 0.739 bits per heavy atom. The monoisotopic (exact) mass is 324 g/mol. The van der Waals surface area contributed by atoms with Crippen molar-refractivity contribution in [2.24, 2.45) is 0 Å². The molecule has 3 rings (SSSR count). The molecule has 23 heavy (non-hydrogen) atoms. The highest BCUT2D eigenvalue weighted by Crippen LogP contribution is 2.41. The highest BCUT2D eigenvalue weighted by molar-refractivity contribution is 6.21. The minimum atomic E-state index is -5.94. The third-order valence-electron chi connectivity index (χ3n) is 3.64. The van der Waals surface area contributed by atoms with Crippen LogP contribution in [-0.2, 0) is 0 Å². The number of Topliss-reactive ketones (excluding diaryl/α,β-unsaturated/α-hetero) is 1. The van der Waals surface area contributed by atoms with Crippen molar-refractivity contribution >= 4 is 27.3 Å². The predicted octanol–water partition coefficient (Wildman–Crippen LogP) is 5.37. The van der Waals surface area contributed by atoms with Gasteiger partial charge in [-0.25, -0.2) is 0 Å².